The normalized spacial score (nSPS) is 11.4. The van der Waals surface area contributed by atoms with Gasteiger partial charge in [-0.15, -0.1) is 11.3 Å². The fraction of sp³-hybridized carbons (Fsp3) is 0.600. The van der Waals surface area contributed by atoms with Gasteiger partial charge in [-0.1, -0.05) is 0 Å². The number of nitrogens with two attached hydrogens (primary N) is 2. The van der Waals surface area contributed by atoms with Gasteiger partial charge in [0, 0.05) is 11.8 Å². The maximum absolute atomic E-state index is 11.6. The monoisotopic (exact) mass is 258 g/mol. The molecule has 96 valence electrons. The van der Waals surface area contributed by atoms with Crippen LogP contribution >= 0.6 is 11.3 Å². The van der Waals surface area contributed by atoms with Crippen molar-refractivity contribution >= 4 is 22.6 Å². The molecule has 0 aliphatic carbocycles. The summed E-state index contributed by atoms with van der Waals surface area (Å²) in [5, 5.41) is 3.14. The summed E-state index contributed by atoms with van der Waals surface area (Å²) in [5.74, 6) is 5.63. The predicted octanol–water partition coefficient (Wildman–Crippen LogP) is 1.26. The highest BCUT2D eigenvalue weighted by Crippen LogP contribution is 2.20. The number of hydrogen-bond donors (Lipinski definition) is 2. The third kappa shape index (κ3) is 4.29. The average molecular weight is 258 g/mol. The molecule has 7 heteroatoms. The second-order valence-electron chi connectivity index (χ2n) is 4.51. The highest BCUT2D eigenvalue weighted by molar-refractivity contribution is 7.13. The Bertz CT molecular complexity index is 386. The first kappa shape index (κ1) is 13.9. The number of carbonyl (C=O) groups is 1. The van der Waals surface area contributed by atoms with Gasteiger partial charge in [-0.25, -0.2) is 15.6 Å². The molecule has 1 rings (SSSR count). The largest absolute Gasteiger partial charge is 0.442 e. The summed E-state index contributed by atoms with van der Waals surface area (Å²) in [7, 11) is 0. The summed E-state index contributed by atoms with van der Waals surface area (Å²) in [5.41, 5.74) is 5.67. The SMILES string of the molecule is CC(C)(C)OC(=O)N(N)c1nc(CCN)cs1. The maximum Gasteiger partial charge on any atom is 0.431 e. The van der Waals surface area contributed by atoms with E-state index in [0.29, 0.717) is 18.1 Å². The number of ether oxygens (including phenoxy) is 1. The Morgan fingerprint density at radius 3 is 2.76 bits per heavy atom. The van der Waals surface area contributed by atoms with Crippen LogP contribution in [0.4, 0.5) is 9.93 Å². The Morgan fingerprint density at radius 2 is 2.24 bits per heavy atom. The van der Waals surface area contributed by atoms with Gasteiger partial charge in [0.15, 0.2) is 0 Å². The molecule has 0 fully saturated rings. The van der Waals surface area contributed by atoms with Gasteiger partial charge in [-0.2, -0.15) is 5.01 Å². The molecule has 0 spiro atoms. The molecule has 0 bridgehead atoms. The molecule has 1 aromatic heterocycles. The number of hydrazine groups is 1. The summed E-state index contributed by atoms with van der Waals surface area (Å²) < 4.78 is 5.13. The van der Waals surface area contributed by atoms with Crippen molar-refractivity contribution in [2.75, 3.05) is 11.6 Å². The zero-order valence-electron chi connectivity index (χ0n) is 10.3. The van der Waals surface area contributed by atoms with Crippen LogP contribution in [0, 0.1) is 0 Å². The maximum atomic E-state index is 11.6. The number of carbonyl (C=O) groups excluding carboxylic acids is 1. The molecule has 1 amide bonds. The molecule has 6 nitrogen and oxygen atoms in total. The zero-order chi connectivity index (χ0) is 13.1. The highest BCUT2D eigenvalue weighted by Gasteiger charge is 2.22. The number of nitrogens with zero attached hydrogens (tertiary/aromatic N) is 2. The summed E-state index contributed by atoms with van der Waals surface area (Å²) >= 11 is 1.29. The lowest BCUT2D eigenvalue weighted by Crippen LogP contribution is -2.41. The van der Waals surface area contributed by atoms with Crippen molar-refractivity contribution in [1.82, 2.24) is 4.98 Å². The molecule has 17 heavy (non-hydrogen) atoms. The van der Waals surface area contributed by atoms with E-state index in [-0.39, 0.29) is 0 Å². The zero-order valence-corrected chi connectivity index (χ0v) is 11.1. The summed E-state index contributed by atoms with van der Waals surface area (Å²) in [4.78, 5) is 15.8. The Morgan fingerprint density at radius 1 is 1.59 bits per heavy atom. The smallest absolute Gasteiger partial charge is 0.431 e. The van der Waals surface area contributed by atoms with Gasteiger partial charge in [0.25, 0.3) is 0 Å². The van der Waals surface area contributed by atoms with Crippen molar-refractivity contribution in [2.24, 2.45) is 11.6 Å². The molecule has 1 aromatic rings. The Kier molecular flexibility index (Phi) is 4.44. The van der Waals surface area contributed by atoms with Crippen molar-refractivity contribution < 1.29 is 9.53 Å². The molecule has 0 aromatic carbocycles. The fourth-order valence-corrected chi connectivity index (χ4v) is 1.83. The summed E-state index contributed by atoms with van der Waals surface area (Å²) in [6.45, 7) is 5.85. The molecule has 0 saturated carbocycles. The van der Waals surface area contributed by atoms with Crippen LogP contribution in [0.1, 0.15) is 26.5 Å². The minimum absolute atomic E-state index is 0.405. The third-order valence-corrected chi connectivity index (χ3v) is 2.63. The minimum Gasteiger partial charge on any atom is -0.442 e. The van der Waals surface area contributed by atoms with Crippen molar-refractivity contribution in [2.45, 2.75) is 32.8 Å². The van der Waals surface area contributed by atoms with Crippen molar-refractivity contribution in [3.8, 4) is 0 Å². The molecule has 0 aliphatic heterocycles. The molecule has 4 N–H and O–H groups in total. The lowest BCUT2D eigenvalue weighted by molar-refractivity contribution is 0.0580. The van der Waals surface area contributed by atoms with Gasteiger partial charge in [-0.3, -0.25) is 0 Å². The first-order valence-electron chi connectivity index (χ1n) is 5.26. The van der Waals surface area contributed by atoms with Crippen LogP contribution in [-0.2, 0) is 11.2 Å². The predicted molar refractivity (Wildman–Crippen MR) is 67.8 cm³/mol. The average Bonchev–Trinajstić information content (AvgIpc) is 2.63. The van der Waals surface area contributed by atoms with Crippen LogP contribution in [0.2, 0.25) is 0 Å². The third-order valence-electron chi connectivity index (χ3n) is 1.74. The quantitative estimate of drug-likeness (QED) is 0.483. The van der Waals surface area contributed by atoms with Gasteiger partial charge < -0.3 is 10.5 Å². The van der Waals surface area contributed by atoms with Crippen molar-refractivity contribution in [1.29, 1.82) is 0 Å². The van der Waals surface area contributed by atoms with Crippen molar-refractivity contribution in [3.05, 3.63) is 11.1 Å². The van der Waals surface area contributed by atoms with Crippen LogP contribution in [-0.4, -0.2) is 23.2 Å². The van der Waals surface area contributed by atoms with Gasteiger partial charge in [0.05, 0.1) is 5.69 Å². The number of thiazole rings is 1. The van der Waals surface area contributed by atoms with Crippen LogP contribution in [0.3, 0.4) is 0 Å². The van der Waals surface area contributed by atoms with E-state index in [2.05, 4.69) is 4.98 Å². The van der Waals surface area contributed by atoms with Gasteiger partial charge in [-0.05, 0) is 27.3 Å². The number of hydrogen-bond acceptors (Lipinski definition) is 6. The van der Waals surface area contributed by atoms with E-state index in [4.69, 9.17) is 16.3 Å². The number of anilines is 1. The summed E-state index contributed by atoms with van der Waals surface area (Å²) in [6.07, 6.45) is 0.0460. The molecule has 0 unspecified atom stereocenters. The van der Waals surface area contributed by atoms with E-state index in [1.165, 1.54) is 11.3 Å². The second-order valence-corrected chi connectivity index (χ2v) is 5.35. The Labute approximate surface area is 105 Å². The lowest BCUT2D eigenvalue weighted by atomic mass is 10.2. The molecule has 0 saturated heterocycles. The van der Waals surface area contributed by atoms with E-state index in [0.717, 1.165) is 10.7 Å². The topological polar surface area (TPSA) is 94.5 Å². The molecule has 1 heterocycles. The Hall–Kier alpha value is -1.18. The van der Waals surface area contributed by atoms with Gasteiger partial charge in [0.2, 0.25) is 5.13 Å². The van der Waals surface area contributed by atoms with E-state index in [1.807, 2.05) is 5.38 Å². The second kappa shape index (κ2) is 5.44. The van der Waals surface area contributed by atoms with E-state index >= 15 is 0 Å². The van der Waals surface area contributed by atoms with Crippen LogP contribution in [0.5, 0.6) is 0 Å². The van der Waals surface area contributed by atoms with Crippen LogP contribution in [0.15, 0.2) is 5.38 Å². The first-order chi connectivity index (χ1) is 7.83. The molecule has 0 atom stereocenters. The summed E-state index contributed by atoms with van der Waals surface area (Å²) in [6, 6.07) is 0. The fourth-order valence-electron chi connectivity index (χ4n) is 1.06. The van der Waals surface area contributed by atoms with Gasteiger partial charge >= 0.3 is 6.09 Å². The number of aromatic nitrogens is 1. The van der Waals surface area contributed by atoms with E-state index in [9.17, 15) is 4.79 Å². The number of amides is 1. The lowest BCUT2D eigenvalue weighted by Gasteiger charge is -2.22. The van der Waals surface area contributed by atoms with Crippen LogP contribution in [0.25, 0.3) is 0 Å². The molecular weight excluding hydrogens is 240 g/mol. The Balaban J connectivity index is 2.68. The standard InChI is InChI=1S/C10H18N4O2S/c1-10(2,3)16-9(15)14(12)8-13-7(4-5-11)6-17-8/h6H,4-5,11-12H2,1-3H3. The highest BCUT2D eigenvalue weighted by atomic mass is 32.1. The van der Waals surface area contributed by atoms with E-state index < -0.39 is 11.7 Å². The van der Waals surface area contributed by atoms with E-state index in [1.54, 1.807) is 20.8 Å². The molecule has 0 radical (unpaired) electrons. The first-order valence-corrected chi connectivity index (χ1v) is 6.13. The van der Waals surface area contributed by atoms with Crippen LogP contribution < -0.4 is 16.6 Å². The molecular formula is C10H18N4O2S. The minimum atomic E-state index is -0.619. The van der Waals surface area contributed by atoms with Crippen molar-refractivity contribution in [3.63, 3.8) is 0 Å². The van der Waals surface area contributed by atoms with Gasteiger partial charge in [0.1, 0.15) is 5.60 Å². The number of rotatable bonds is 3. The molecule has 0 aliphatic rings.